The number of carbonyl (C=O) groups excluding carboxylic acids is 2. The molecule has 0 bridgehead atoms. The minimum Gasteiger partial charge on any atom is -0.454 e. The van der Waals surface area contributed by atoms with Gasteiger partial charge in [0.2, 0.25) is 0 Å². The molecule has 0 aliphatic rings. The molecule has 0 fully saturated rings. The summed E-state index contributed by atoms with van der Waals surface area (Å²) in [4.78, 5) is 32.2. The lowest BCUT2D eigenvalue weighted by Gasteiger charge is -2.24. The van der Waals surface area contributed by atoms with Crippen molar-refractivity contribution in [3.05, 3.63) is 66.1 Å². The number of Topliss-reactive ketones (excluding diaryl/α,β-unsaturated/α-hetero) is 1. The van der Waals surface area contributed by atoms with Crippen LogP contribution < -0.4 is 0 Å². The van der Waals surface area contributed by atoms with Gasteiger partial charge in [0.15, 0.2) is 0 Å². The molecule has 2 atom stereocenters. The molecule has 5 nitrogen and oxygen atoms in total. The molecule has 27 heavy (non-hydrogen) atoms. The first-order chi connectivity index (χ1) is 13.0. The van der Waals surface area contributed by atoms with Crippen LogP contribution in [0.1, 0.15) is 49.2 Å². The first-order valence-corrected chi connectivity index (χ1v) is 9.16. The number of esters is 1. The second kappa shape index (κ2) is 8.16. The van der Waals surface area contributed by atoms with Crippen molar-refractivity contribution >= 4 is 22.7 Å². The van der Waals surface area contributed by atoms with E-state index in [2.05, 4.69) is 9.97 Å². The SMILES string of the molecule is CC(C)C(=O)CC(C)C(OC(=O)c1ccc2cc[nH]c2c1)c1cccnc1. The molecule has 0 amide bonds. The summed E-state index contributed by atoms with van der Waals surface area (Å²) >= 11 is 0. The average Bonchev–Trinajstić information content (AvgIpc) is 3.14. The zero-order valence-corrected chi connectivity index (χ0v) is 15.8. The van der Waals surface area contributed by atoms with E-state index < -0.39 is 12.1 Å². The Morgan fingerprint density at radius 2 is 1.96 bits per heavy atom. The van der Waals surface area contributed by atoms with Crippen molar-refractivity contribution in [3.63, 3.8) is 0 Å². The van der Waals surface area contributed by atoms with Gasteiger partial charge < -0.3 is 9.72 Å². The maximum Gasteiger partial charge on any atom is 0.338 e. The fourth-order valence-corrected chi connectivity index (χ4v) is 3.08. The van der Waals surface area contributed by atoms with Gasteiger partial charge in [0.25, 0.3) is 0 Å². The third kappa shape index (κ3) is 4.42. The summed E-state index contributed by atoms with van der Waals surface area (Å²) in [7, 11) is 0. The van der Waals surface area contributed by atoms with E-state index in [4.69, 9.17) is 4.74 Å². The monoisotopic (exact) mass is 364 g/mol. The predicted molar refractivity (Wildman–Crippen MR) is 104 cm³/mol. The van der Waals surface area contributed by atoms with E-state index in [-0.39, 0.29) is 17.6 Å². The first-order valence-electron chi connectivity index (χ1n) is 9.16. The summed E-state index contributed by atoms with van der Waals surface area (Å²) in [5.74, 6) is -0.459. The molecule has 1 aromatic carbocycles. The number of hydrogen-bond donors (Lipinski definition) is 1. The van der Waals surface area contributed by atoms with Gasteiger partial charge in [0.1, 0.15) is 11.9 Å². The number of benzene rings is 1. The second-order valence-electron chi connectivity index (χ2n) is 7.19. The molecule has 2 unspecified atom stereocenters. The van der Waals surface area contributed by atoms with Crippen LogP contribution in [0.3, 0.4) is 0 Å². The molecule has 5 heteroatoms. The van der Waals surface area contributed by atoms with Crippen molar-refractivity contribution in [3.8, 4) is 0 Å². The molecule has 0 aliphatic carbocycles. The van der Waals surface area contributed by atoms with E-state index in [1.165, 1.54) is 0 Å². The van der Waals surface area contributed by atoms with Crippen molar-refractivity contribution in [1.29, 1.82) is 0 Å². The Morgan fingerprint density at radius 1 is 1.15 bits per heavy atom. The average molecular weight is 364 g/mol. The number of ketones is 1. The van der Waals surface area contributed by atoms with E-state index in [0.717, 1.165) is 16.5 Å². The minimum absolute atomic E-state index is 0.0482. The van der Waals surface area contributed by atoms with Crippen molar-refractivity contribution in [2.75, 3.05) is 0 Å². The number of ether oxygens (including phenoxy) is 1. The van der Waals surface area contributed by atoms with Gasteiger partial charge in [-0.05, 0) is 29.7 Å². The van der Waals surface area contributed by atoms with Gasteiger partial charge in [0.05, 0.1) is 5.56 Å². The minimum atomic E-state index is -0.534. The topological polar surface area (TPSA) is 72.1 Å². The third-order valence-corrected chi connectivity index (χ3v) is 4.72. The second-order valence-corrected chi connectivity index (χ2v) is 7.19. The highest BCUT2D eigenvalue weighted by atomic mass is 16.5. The lowest BCUT2D eigenvalue weighted by atomic mass is 9.90. The van der Waals surface area contributed by atoms with Gasteiger partial charge in [-0.15, -0.1) is 0 Å². The van der Waals surface area contributed by atoms with Crippen LogP contribution in [0.4, 0.5) is 0 Å². The number of pyridine rings is 1. The van der Waals surface area contributed by atoms with Crippen LogP contribution in [0.5, 0.6) is 0 Å². The van der Waals surface area contributed by atoms with Crippen LogP contribution in [-0.2, 0) is 9.53 Å². The Morgan fingerprint density at radius 3 is 2.67 bits per heavy atom. The Kier molecular flexibility index (Phi) is 5.69. The summed E-state index contributed by atoms with van der Waals surface area (Å²) in [5.41, 5.74) is 2.14. The summed E-state index contributed by atoms with van der Waals surface area (Å²) in [5, 5.41) is 1.03. The van der Waals surface area contributed by atoms with Crippen LogP contribution in [0.15, 0.2) is 55.0 Å². The quantitative estimate of drug-likeness (QED) is 0.616. The lowest BCUT2D eigenvalue weighted by Crippen LogP contribution is -2.22. The highest BCUT2D eigenvalue weighted by molar-refractivity contribution is 5.94. The third-order valence-electron chi connectivity index (χ3n) is 4.72. The molecule has 1 N–H and O–H groups in total. The van der Waals surface area contributed by atoms with Crippen molar-refractivity contribution < 1.29 is 14.3 Å². The Bertz CT molecular complexity index is 931. The van der Waals surface area contributed by atoms with Crippen molar-refractivity contribution in [2.24, 2.45) is 11.8 Å². The van der Waals surface area contributed by atoms with Crippen LogP contribution in [0.2, 0.25) is 0 Å². The Balaban J connectivity index is 1.83. The van der Waals surface area contributed by atoms with Crippen molar-refractivity contribution in [2.45, 2.75) is 33.3 Å². The van der Waals surface area contributed by atoms with Gasteiger partial charge in [-0.2, -0.15) is 0 Å². The summed E-state index contributed by atoms with van der Waals surface area (Å²) in [6.45, 7) is 5.69. The summed E-state index contributed by atoms with van der Waals surface area (Å²) in [6, 6.07) is 11.0. The summed E-state index contributed by atoms with van der Waals surface area (Å²) < 4.78 is 5.85. The van der Waals surface area contributed by atoms with Crippen LogP contribution in [0.25, 0.3) is 10.9 Å². The lowest BCUT2D eigenvalue weighted by molar-refractivity contribution is -0.123. The highest BCUT2D eigenvalue weighted by Gasteiger charge is 2.27. The number of rotatable bonds is 7. The van der Waals surface area contributed by atoms with Gasteiger partial charge in [-0.3, -0.25) is 9.78 Å². The number of carbonyl (C=O) groups is 2. The highest BCUT2D eigenvalue weighted by Crippen LogP contribution is 2.30. The molecular formula is C22H24N2O3. The smallest absolute Gasteiger partial charge is 0.338 e. The number of H-pyrrole nitrogens is 1. The molecule has 2 aromatic heterocycles. The zero-order valence-electron chi connectivity index (χ0n) is 15.8. The molecular weight excluding hydrogens is 340 g/mol. The number of aromatic nitrogens is 2. The van der Waals surface area contributed by atoms with Gasteiger partial charge in [-0.25, -0.2) is 4.79 Å². The Hall–Kier alpha value is -2.95. The molecule has 0 aliphatic heterocycles. The molecule has 0 saturated carbocycles. The van der Waals surface area contributed by atoms with Crippen LogP contribution >= 0.6 is 0 Å². The van der Waals surface area contributed by atoms with Crippen molar-refractivity contribution in [1.82, 2.24) is 9.97 Å². The van der Waals surface area contributed by atoms with E-state index in [9.17, 15) is 9.59 Å². The molecule has 3 rings (SSSR count). The van der Waals surface area contributed by atoms with Gasteiger partial charge >= 0.3 is 5.97 Å². The molecule has 140 valence electrons. The largest absolute Gasteiger partial charge is 0.454 e. The molecule has 0 radical (unpaired) electrons. The molecule has 0 saturated heterocycles. The predicted octanol–water partition coefficient (Wildman–Crippen LogP) is 4.71. The number of hydrogen-bond acceptors (Lipinski definition) is 4. The maximum atomic E-state index is 12.8. The Labute approximate surface area is 158 Å². The number of nitrogens with one attached hydrogen (secondary N) is 1. The van der Waals surface area contributed by atoms with Crippen LogP contribution in [-0.4, -0.2) is 21.7 Å². The summed E-state index contributed by atoms with van der Waals surface area (Å²) in [6.07, 6.45) is 5.00. The fraction of sp³-hybridized carbons (Fsp3) is 0.318. The zero-order chi connectivity index (χ0) is 19.4. The number of aromatic amines is 1. The fourth-order valence-electron chi connectivity index (χ4n) is 3.08. The number of fused-ring (bicyclic) bond motifs is 1. The number of nitrogens with zero attached hydrogens (tertiary/aromatic N) is 1. The van der Waals surface area contributed by atoms with E-state index >= 15 is 0 Å². The molecule has 2 heterocycles. The van der Waals surface area contributed by atoms with E-state index in [1.807, 2.05) is 45.2 Å². The van der Waals surface area contributed by atoms with E-state index in [1.54, 1.807) is 30.6 Å². The van der Waals surface area contributed by atoms with E-state index in [0.29, 0.717) is 12.0 Å². The molecule has 3 aromatic rings. The van der Waals surface area contributed by atoms with Gasteiger partial charge in [-0.1, -0.05) is 32.9 Å². The standard InChI is InChI=1S/C22H24N2O3/c1-14(2)20(25)11-15(3)21(18-5-4-9-23-13-18)27-22(26)17-7-6-16-8-10-24-19(16)12-17/h4-10,12-15,21,24H,11H2,1-3H3. The maximum absolute atomic E-state index is 12.8. The van der Waals surface area contributed by atoms with Crippen LogP contribution in [0, 0.1) is 11.8 Å². The first kappa shape index (κ1) is 18.8. The normalized spacial score (nSPS) is 13.5. The van der Waals surface area contributed by atoms with Gasteiger partial charge in [0, 0.05) is 47.9 Å². The molecule has 0 spiro atoms.